The highest BCUT2D eigenvalue weighted by Crippen LogP contribution is 2.19. The molecule has 0 aromatic carbocycles. The number of hydrogen-bond donors (Lipinski definition) is 2. The van der Waals surface area contributed by atoms with Crippen LogP contribution in [0, 0.1) is 0 Å². The van der Waals surface area contributed by atoms with Crippen LogP contribution in [0.25, 0.3) is 0 Å². The molecule has 3 N–H and O–H groups in total. The van der Waals surface area contributed by atoms with Crippen molar-refractivity contribution < 1.29 is 9.53 Å². The molecule has 0 heterocycles. The van der Waals surface area contributed by atoms with E-state index < -0.39 is 0 Å². The van der Waals surface area contributed by atoms with Gasteiger partial charge < -0.3 is 15.8 Å². The van der Waals surface area contributed by atoms with E-state index in [-0.39, 0.29) is 18.6 Å². The van der Waals surface area contributed by atoms with Gasteiger partial charge in [-0.15, -0.1) is 0 Å². The first-order valence-corrected chi connectivity index (χ1v) is 6.36. The Morgan fingerprint density at radius 1 is 1.38 bits per heavy atom. The predicted octanol–water partition coefficient (Wildman–Crippen LogP) is 1.19. The molecule has 1 amide bonds. The van der Waals surface area contributed by atoms with E-state index in [4.69, 9.17) is 10.5 Å². The van der Waals surface area contributed by atoms with Crippen LogP contribution < -0.4 is 11.1 Å². The van der Waals surface area contributed by atoms with E-state index in [0.29, 0.717) is 6.04 Å². The van der Waals surface area contributed by atoms with Crippen molar-refractivity contribution >= 4 is 5.91 Å². The summed E-state index contributed by atoms with van der Waals surface area (Å²) in [5.74, 6) is 0.00308. The van der Waals surface area contributed by atoms with Gasteiger partial charge in [-0.1, -0.05) is 13.3 Å². The second-order valence-electron chi connectivity index (χ2n) is 4.55. The molecule has 94 valence electrons. The summed E-state index contributed by atoms with van der Waals surface area (Å²) in [6, 6.07) is 0.332. The van der Waals surface area contributed by atoms with Crippen LogP contribution in [0.4, 0.5) is 0 Å². The number of hydrogen-bond acceptors (Lipinski definition) is 3. The lowest BCUT2D eigenvalue weighted by molar-refractivity contribution is -0.128. The maximum atomic E-state index is 11.4. The Morgan fingerprint density at radius 3 is 2.69 bits per heavy atom. The van der Waals surface area contributed by atoms with Crippen molar-refractivity contribution in [3.8, 4) is 0 Å². The van der Waals surface area contributed by atoms with Crippen LogP contribution in [0.3, 0.4) is 0 Å². The molecule has 0 aromatic rings. The number of rotatable bonds is 6. The summed E-state index contributed by atoms with van der Waals surface area (Å²) in [7, 11) is 0. The van der Waals surface area contributed by atoms with E-state index in [1.54, 1.807) is 0 Å². The van der Waals surface area contributed by atoms with Gasteiger partial charge in [-0.25, -0.2) is 0 Å². The van der Waals surface area contributed by atoms with Crippen LogP contribution in [0.15, 0.2) is 0 Å². The van der Waals surface area contributed by atoms with Crippen LogP contribution in [0.2, 0.25) is 0 Å². The van der Waals surface area contributed by atoms with Gasteiger partial charge >= 0.3 is 0 Å². The van der Waals surface area contributed by atoms with E-state index in [9.17, 15) is 4.79 Å². The fraction of sp³-hybridized carbons (Fsp3) is 0.917. The quantitative estimate of drug-likeness (QED) is 0.671. The second kappa shape index (κ2) is 7.63. The van der Waals surface area contributed by atoms with E-state index >= 15 is 0 Å². The first kappa shape index (κ1) is 13.5. The number of nitrogens with two attached hydrogens (primary N) is 1. The largest absolute Gasteiger partial charge is 0.368 e. The highest BCUT2D eigenvalue weighted by atomic mass is 16.5. The lowest BCUT2D eigenvalue weighted by Crippen LogP contribution is -2.34. The van der Waals surface area contributed by atoms with Crippen molar-refractivity contribution in [1.29, 1.82) is 0 Å². The SMILES string of the molecule is CCCCNC(=O)COC1CCC(N)CC1. The molecule has 0 bridgehead atoms. The molecule has 0 atom stereocenters. The summed E-state index contributed by atoms with van der Waals surface area (Å²) in [6.45, 7) is 3.06. The standard InChI is InChI=1S/C12H24N2O2/c1-2-3-8-14-12(15)9-16-11-6-4-10(13)5-7-11/h10-11H,2-9,13H2,1H3,(H,14,15). The average Bonchev–Trinajstić information content (AvgIpc) is 2.29. The third kappa shape index (κ3) is 5.47. The van der Waals surface area contributed by atoms with E-state index in [0.717, 1.165) is 45.1 Å². The first-order chi connectivity index (χ1) is 7.72. The van der Waals surface area contributed by atoms with Gasteiger partial charge in [-0.05, 0) is 32.1 Å². The predicted molar refractivity (Wildman–Crippen MR) is 64.1 cm³/mol. The zero-order valence-corrected chi connectivity index (χ0v) is 10.2. The van der Waals surface area contributed by atoms with Crippen molar-refractivity contribution in [2.75, 3.05) is 13.2 Å². The monoisotopic (exact) mass is 228 g/mol. The topological polar surface area (TPSA) is 64.3 Å². The molecule has 4 heteroatoms. The van der Waals surface area contributed by atoms with Crippen molar-refractivity contribution in [1.82, 2.24) is 5.32 Å². The van der Waals surface area contributed by atoms with Crippen LogP contribution in [0.5, 0.6) is 0 Å². The zero-order valence-electron chi connectivity index (χ0n) is 10.2. The number of nitrogens with one attached hydrogen (secondary N) is 1. The maximum absolute atomic E-state index is 11.4. The van der Waals surface area contributed by atoms with Gasteiger partial charge in [0.05, 0.1) is 6.10 Å². The number of ether oxygens (including phenoxy) is 1. The summed E-state index contributed by atoms with van der Waals surface area (Å²) in [6.07, 6.45) is 6.37. The van der Waals surface area contributed by atoms with Crippen molar-refractivity contribution in [2.45, 2.75) is 57.6 Å². The number of unbranched alkanes of at least 4 members (excludes halogenated alkanes) is 1. The fourth-order valence-corrected chi connectivity index (χ4v) is 1.90. The fourth-order valence-electron chi connectivity index (χ4n) is 1.90. The van der Waals surface area contributed by atoms with Gasteiger partial charge in [0.25, 0.3) is 0 Å². The third-order valence-electron chi connectivity index (χ3n) is 3.02. The normalized spacial score (nSPS) is 25.4. The van der Waals surface area contributed by atoms with Gasteiger partial charge in [0.15, 0.2) is 0 Å². The van der Waals surface area contributed by atoms with Crippen molar-refractivity contribution in [3.05, 3.63) is 0 Å². The Morgan fingerprint density at radius 2 is 2.06 bits per heavy atom. The first-order valence-electron chi connectivity index (χ1n) is 6.36. The molecule has 0 aliphatic heterocycles. The van der Waals surface area contributed by atoms with Crippen LogP contribution in [-0.4, -0.2) is 31.2 Å². The molecule has 1 fully saturated rings. The molecule has 1 aliphatic carbocycles. The number of carbonyl (C=O) groups excluding carboxylic acids is 1. The molecular weight excluding hydrogens is 204 g/mol. The van der Waals surface area contributed by atoms with Gasteiger partial charge in [-0.3, -0.25) is 4.79 Å². The molecule has 16 heavy (non-hydrogen) atoms. The second-order valence-corrected chi connectivity index (χ2v) is 4.55. The maximum Gasteiger partial charge on any atom is 0.246 e. The van der Waals surface area contributed by atoms with Gasteiger partial charge in [-0.2, -0.15) is 0 Å². The summed E-state index contributed by atoms with van der Waals surface area (Å²) in [5.41, 5.74) is 5.80. The van der Waals surface area contributed by atoms with Crippen LogP contribution in [0.1, 0.15) is 45.4 Å². The molecular formula is C12H24N2O2. The summed E-state index contributed by atoms with van der Waals surface area (Å²) < 4.78 is 5.56. The lowest BCUT2D eigenvalue weighted by Gasteiger charge is -2.25. The lowest BCUT2D eigenvalue weighted by atomic mass is 9.94. The molecule has 0 radical (unpaired) electrons. The molecule has 1 aliphatic rings. The van der Waals surface area contributed by atoms with Crippen LogP contribution in [-0.2, 0) is 9.53 Å². The highest BCUT2D eigenvalue weighted by molar-refractivity contribution is 5.77. The van der Waals surface area contributed by atoms with Gasteiger partial charge in [0.2, 0.25) is 5.91 Å². The Bertz CT molecular complexity index is 201. The molecule has 0 saturated heterocycles. The smallest absolute Gasteiger partial charge is 0.246 e. The summed E-state index contributed by atoms with van der Waals surface area (Å²) in [4.78, 5) is 11.4. The molecule has 0 unspecified atom stereocenters. The van der Waals surface area contributed by atoms with Crippen LogP contribution >= 0.6 is 0 Å². The summed E-state index contributed by atoms with van der Waals surface area (Å²) >= 11 is 0. The number of carbonyl (C=O) groups is 1. The Balaban J connectivity index is 2.03. The Hall–Kier alpha value is -0.610. The van der Waals surface area contributed by atoms with Crippen molar-refractivity contribution in [2.24, 2.45) is 5.73 Å². The van der Waals surface area contributed by atoms with E-state index in [2.05, 4.69) is 12.2 Å². The highest BCUT2D eigenvalue weighted by Gasteiger charge is 2.19. The number of amides is 1. The van der Waals surface area contributed by atoms with E-state index in [1.807, 2.05) is 0 Å². The average molecular weight is 228 g/mol. The third-order valence-corrected chi connectivity index (χ3v) is 3.02. The van der Waals surface area contributed by atoms with Crippen molar-refractivity contribution in [3.63, 3.8) is 0 Å². The molecule has 1 rings (SSSR count). The Kier molecular flexibility index (Phi) is 6.42. The summed E-state index contributed by atoms with van der Waals surface area (Å²) in [5, 5.41) is 2.84. The minimum Gasteiger partial charge on any atom is -0.368 e. The minimum atomic E-state index is 0.00308. The Labute approximate surface area is 97.9 Å². The minimum absolute atomic E-state index is 0.00308. The molecule has 0 aromatic heterocycles. The van der Waals surface area contributed by atoms with Gasteiger partial charge in [0.1, 0.15) is 6.61 Å². The van der Waals surface area contributed by atoms with E-state index in [1.165, 1.54) is 0 Å². The molecule has 4 nitrogen and oxygen atoms in total. The molecule has 1 saturated carbocycles. The zero-order chi connectivity index (χ0) is 11.8. The van der Waals surface area contributed by atoms with Gasteiger partial charge in [0, 0.05) is 12.6 Å². The molecule has 0 spiro atoms.